The van der Waals surface area contributed by atoms with Crippen LogP contribution in [0.25, 0.3) is 0 Å². The minimum Gasteiger partial charge on any atom is -0.322 e. The van der Waals surface area contributed by atoms with Gasteiger partial charge in [0.25, 0.3) is 0 Å². The quantitative estimate of drug-likeness (QED) is 0.856. The molecule has 1 aromatic rings. The predicted octanol–water partition coefficient (Wildman–Crippen LogP) is 3.18. The molecule has 2 nitrogen and oxygen atoms in total. The second-order valence-corrected chi connectivity index (χ2v) is 5.72. The molecule has 0 spiro atoms. The third-order valence-corrected chi connectivity index (χ3v) is 4.63. The van der Waals surface area contributed by atoms with Crippen LogP contribution in [0.3, 0.4) is 0 Å². The van der Waals surface area contributed by atoms with Gasteiger partial charge in [0, 0.05) is 10.4 Å². The highest BCUT2D eigenvalue weighted by Crippen LogP contribution is 2.33. The monoisotopic (exact) mass is 240 g/mol. The van der Waals surface area contributed by atoms with Crippen molar-refractivity contribution >= 4 is 11.3 Å². The fourth-order valence-electron chi connectivity index (χ4n) is 2.26. The van der Waals surface area contributed by atoms with Crippen LogP contribution in [0, 0.1) is 6.92 Å². The summed E-state index contributed by atoms with van der Waals surface area (Å²) >= 11 is 1.77. The van der Waals surface area contributed by atoms with Gasteiger partial charge >= 0.3 is 0 Å². The number of hydrogen-bond acceptors (Lipinski definition) is 3. The van der Waals surface area contributed by atoms with Crippen LogP contribution in [0.2, 0.25) is 0 Å². The van der Waals surface area contributed by atoms with Crippen LogP contribution < -0.4 is 5.73 Å². The first-order valence-corrected chi connectivity index (χ1v) is 6.87. The van der Waals surface area contributed by atoms with E-state index in [4.69, 9.17) is 5.73 Å². The Morgan fingerprint density at radius 3 is 2.31 bits per heavy atom. The number of nitrogens with two attached hydrogens (primary N) is 1. The standard InChI is InChI=1S/C13H24N2S/c1-6-15(7-2)13(4,5)12(14)11-10(3)8-9-16-11/h8-9,12H,6-7,14H2,1-5H3. The molecular formula is C13H24N2S. The maximum Gasteiger partial charge on any atom is 0.0574 e. The van der Waals surface area contributed by atoms with Crippen molar-refractivity contribution < 1.29 is 0 Å². The molecule has 1 aromatic heterocycles. The molecule has 0 aliphatic rings. The number of hydrogen-bond donors (Lipinski definition) is 1. The van der Waals surface area contributed by atoms with Crippen LogP contribution in [0.1, 0.15) is 44.2 Å². The van der Waals surface area contributed by atoms with Crippen molar-refractivity contribution in [3.8, 4) is 0 Å². The van der Waals surface area contributed by atoms with Gasteiger partial charge in [0.15, 0.2) is 0 Å². The SMILES string of the molecule is CCN(CC)C(C)(C)C(N)c1sccc1C. The van der Waals surface area contributed by atoms with Crippen molar-refractivity contribution in [2.75, 3.05) is 13.1 Å². The first-order chi connectivity index (χ1) is 7.45. The molecule has 1 heterocycles. The molecule has 0 radical (unpaired) electrons. The van der Waals surface area contributed by atoms with Crippen LogP contribution in [0.4, 0.5) is 0 Å². The van der Waals surface area contributed by atoms with E-state index < -0.39 is 0 Å². The lowest BCUT2D eigenvalue weighted by molar-refractivity contribution is 0.108. The predicted molar refractivity (Wildman–Crippen MR) is 73.0 cm³/mol. The van der Waals surface area contributed by atoms with E-state index in [-0.39, 0.29) is 11.6 Å². The van der Waals surface area contributed by atoms with Gasteiger partial charge in [-0.1, -0.05) is 13.8 Å². The molecule has 0 aliphatic heterocycles. The summed E-state index contributed by atoms with van der Waals surface area (Å²) in [5, 5.41) is 2.13. The molecule has 1 rings (SSSR count). The zero-order valence-corrected chi connectivity index (χ0v) is 11.9. The van der Waals surface area contributed by atoms with Gasteiger partial charge in [-0.3, -0.25) is 4.90 Å². The van der Waals surface area contributed by atoms with Gasteiger partial charge in [0.05, 0.1) is 6.04 Å². The Morgan fingerprint density at radius 2 is 1.94 bits per heavy atom. The zero-order chi connectivity index (χ0) is 12.3. The second kappa shape index (κ2) is 5.30. The minimum absolute atomic E-state index is 0.0130. The Morgan fingerprint density at radius 1 is 1.38 bits per heavy atom. The van der Waals surface area contributed by atoms with Crippen molar-refractivity contribution in [2.24, 2.45) is 5.73 Å². The van der Waals surface area contributed by atoms with Crippen molar-refractivity contribution in [3.05, 3.63) is 21.9 Å². The fraction of sp³-hybridized carbons (Fsp3) is 0.692. The van der Waals surface area contributed by atoms with Crippen molar-refractivity contribution in [1.29, 1.82) is 0 Å². The Hall–Kier alpha value is -0.380. The summed E-state index contributed by atoms with van der Waals surface area (Å²) in [6.45, 7) is 13.1. The molecule has 16 heavy (non-hydrogen) atoms. The lowest BCUT2D eigenvalue weighted by Gasteiger charge is -2.41. The summed E-state index contributed by atoms with van der Waals surface area (Å²) in [4.78, 5) is 3.74. The topological polar surface area (TPSA) is 29.3 Å². The van der Waals surface area contributed by atoms with Gasteiger partial charge in [-0.2, -0.15) is 0 Å². The molecule has 0 fully saturated rings. The van der Waals surface area contributed by atoms with Crippen LogP contribution in [-0.4, -0.2) is 23.5 Å². The van der Waals surface area contributed by atoms with Gasteiger partial charge in [-0.05, 0) is 50.9 Å². The Balaban J connectivity index is 2.95. The van der Waals surface area contributed by atoms with Crippen molar-refractivity contribution in [3.63, 3.8) is 0 Å². The molecule has 3 heteroatoms. The summed E-state index contributed by atoms with van der Waals surface area (Å²) in [5.41, 5.74) is 7.77. The van der Waals surface area contributed by atoms with E-state index >= 15 is 0 Å². The van der Waals surface area contributed by atoms with Crippen LogP contribution in [0.15, 0.2) is 11.4 Å². The number of thiophene rings is 1. The van der Waals surface area contributed by atoms with Crippen LogP contribution in [0.5, 0.6) is 0 Å². The van der Waals surface area contributed by atoms with E-state index in [0.29, 0.717) is 0 Å². The van der Waals surface area contributed by atoms with Gasteiger partial charge in [-0.25, -0.2) is 0 Å². The first kappa shape index (κ1) is 13.7. The normalized spacial score (nSPS) is 14.4. The highest BCUT2D eigenvalue weighted by molar-refractivity contribution is 7.10. The van der Waals surface area contributed by atoms with E-state index in [2.05, 4.69) is 51.0 Å². The van der Waals surface area contributed by atoms with Gasteiger partial charge in [-0.15, -0.1) is 11.3 Å². The summed E-state index contributed by atoms with van der Waals surface area (Å²) in [7, 11) is 0. The number of rotatable bonds is 5. The number of nitrogens with zero attached hydrogens (tertiary/aromatic N) is 1. The number of likely N-dealkylation sites (N-methyl/N-ethyl adjacent to an activating group) is 1. The average molecular weight is 240 g/mol. The molecule has 1 atom stereocenters. The summed E-state index contributed by atoms with van der Waals surface area (Å²) < 4.78 is 0. The maximum absolute atomic E-state index is 6.44. The largest absolute Gasteiger partial charge is 0.322 e. The molecule has 1 unspecified atom stereocenters. The van der Waals surface area contributed by atoms with Gasteiger partial charge in [0.1, 0.15) is 0 Å². The van der Waals surface area contributed by atoms with E-state index in [0.717, 1.165) is 13.1 Å². The smallest absolute Gasteiger partial charge is 0.0574 e. The number of aryl methyl sites for hydroxylation is 1. The van der Waals surface area contributed by atoms with Crippen molar-refractivity contribution in [1.82, 2.24) is 4.90 Å². The van der Waals surface area contributed by atoms with E-state index in [1.807, 2.05) is 0 Å². The third kappa shape index (κ3) is 2.47. The highest BCUT2D eigenvalue weighted by atomic mass is 32.1. The van der Waals surface area contributed by atoms with Crippen molar-refractivity contribution in [2.45, 2.75) is 46.2 Å². The van der Waals surface area contributed by atoms with E-state index in [1.54, 1.807) is 11.3 Å². The molecular weight excluding hydrogens is 216 g/mol. The lowest BCUT2D eigenvalue weighted by Crippen LogP contribution is -2.51. The molecule has 0 aromatic carbocycles. The lowest BCUT2D eigenvalue weighted by atomic mass is 9.90. The second-order valence-electron chi connectivity index (χ2n) is 4.77. The van der Waals surface area contributed by atoms with E-state index in [1.165, 1.54) is 10.4 Å². The fourth-order valence-corrected chi connectivity index (χ4v) is 3.37. The van der Waals surface area contributed by atoms with Crippen LogP contribution in [-0.2, 0) is 0 Å². The van der Waals surface area contributed by atoms with Gasteiger partial charge in [0.2, 0.25) is 0 Å². The molecule has 2 N–H and O–H groups in total. The molecule has 0 saturated carbocycles. The highest BCUT2D eigenvalue weighted by Gasteiger charge is 2.33. The Bertz CT molecular complexity index is 326. The molecule has 0 aliphatic carbocycles. The molecule has 92 valence electrons. The minimum atomic E-state index is 0.0130. The average Bonchev–Trinajstić information content (AvgIpc) is 2.64. The van der Waals surface area contributed by atoms with E-state index in [9.17, 15) is 0 Å². The first-order valence-electron chi connectivity index (χ1n) is 5.99. The van der Waals surface area contributed by atoms with Gasteiger partial charge < -0.3 is 5.73 Å². The van der Waals surface area contributed by atoms with Crippen LogP contribution >= 0.6 is 11.3 Å². The third-order valence-electron chi connectivity index (χ3n) is 3.52. The maximum atomic E-state index is 6.44. The molecule has 0 saturated heterocycles. The molecule has 0 amide bonds. The Kier molecular flexibility index (Phi) is 4.53. The summed E-state index contributed by atoms with van der Waals surface area (Å²) in [6.07, 6.45) is 0. The Labute approximate surface area is 103 Å². The summed E-state index contributed by atoms with van der Waals surface area (Å²) in [5.74, 6) is 0. The molecule has 0 bridgehead atoms. The summed E-state index contributed by atoms with van der Waals surface area (Å²) in [6, 6.07) is 2.24. The zero-order valence-electron chi connectivity index (χ0n) is 11.1.